The average Bonchev–Trinajstić information content (AvgIpc) is 3.28. The molecule has 0 spiro atoms. The van der Waals surface area contributed by atoms with Crippen molar-refractivity contribution in [3.8, 4) is 0 Å². The van der Waals surface area contributed by atoms with Crippen molar-refractivity contribution < 1.29 is 9.18 Å². The van der Waals surface area contributed by atoms with Gasteiger partial charge in [-0.15, -0.1) is 0 Å². The lowest BCUT2D eigenvalue weighted by atomic mass is 10.0. The highest BCUT2D eigenvalue weighted by Gasteiger charge is 2.45. The molecule has 4 heteroatoms. The lowest BCUT2D eigenvalue weighted by Crippen LogP contribution is -2.34. The summed E-state index contributed by atoms with van der Waals surface area (Å²) in [6.45, 7) is 0. The van der Waals surface area contributed by atoms with Crippen molar-refractivity contribution in [3.05, 3.63) is 65.5 Å². The Morgan fingerprint density at radius 3 is 2.41 bits per heavy atom. The molecular formula is C18H19FN2O. The molecule has 0 radical (unpaired) electrons. The van der Waals surface area contributed by atoms with E-state index in [1.165, 1.54) is 12.1 Å². The van der Waals surface area contributed by atoms with Crippen molar-refractivity contribution in [1.29, 1.82) is 0 Å². The summed E-state index contributed by atoms with van der Waals surface area (Å²) in [4.78, 5) is 14.5. The van der Waals surface area contributed by atoms with Crippen molar-refractivity contribution in [2.75, 3.05) is 19.0 Å². The van der Waals surface area contributed by atoms with Gasteiger partial charge in [0, 0.05) is 25.3 Å². The van der Waals surface area contributed by atoms with Gasteiger partial charge in [0.2, 0.25) is 0 Å². The number of rotatable bonds is 4. The highest BCUT2D eigenvalue weighted by molar-refractivity contribution is 5.96. The van der Waals surface area contributed by atoms with Crippen LogP contribution in [0.15, 0.2) is 48.5 Å². The molecular weight excluding hydrogens is 279 g/mol. The maximum Gasteiger partial charge on any atom is 0.252 e. The van der Waals surface area contributed by atoms with E-state index in [1.807, 2.05) is 43.3 Å². The smallest absolute Gasteiger partial charge is 0.252 e. The van der Waals surface area contributed by atoms with E-state index in [1.54, 1.807) is 12.1 Å². The van der Waals surface area contributed by atoms with Gasteiger partial charge >= 0.3 is 0 Å². The standard InChI is InChI=1S/C18H19FN2O/c1-21(2)16-5-3-4-13(12-16)17(22)20-18(10-11-18)14-6-8-15(19)9-7-14/h3-9,12H,10-11H2,1-2H3,(H,20,22). The summed E-state index contributed by atoms with van der Waals surface area (Å²) >= 11 is 0. The number of benzene rings is 2. The molecule has 0 heterocycles. The van der Waals surface area contributed by atoms with Crippen molar-refractivity contribution in [2.24, 2.45) is 0 Å². The Labute approximate surface area is 129 Å². The van der Waals surface area contributed by atoms with Crippen LogP contribution in [-0.4, -0.2) is 20.0 Å². The van der Waals surface area contributed by atoms with E-state index in [0.29, 0.717) is 5.56 Å². The molecule has 2 aromatic rings. The summed E-state index contributed by atoms with van der Waals surface area (Å²) in [5.41, 5.74) is 2.25. The van der Waals surface area contributed by atoms with Gasteiger partial charge in [-0.05, 0) is 48.7 Å². The van der Waals surface area contributed by atoms with Crippen LogP contribution in [0, 0.1) is 5.82 Å². The van der Waals surface area contributed by atoms with Gasteiger partial charge in [0.15, 0.2) is 0 Å². The van der Waals surface area contributed by atoms with Crippen LogP contribution in [-0.2, 0) is 5.54 Å². The molecule has 114 valence electrons. The Morgan fingerprint density at radius 2 is 1.82 bits per heavy atom. The van der Waals surface area contributed by atoms with Crippen molar-refractivity contribution in [1.82, 2.24) is 5.32 Å². The van der Waals surface area contributed by atoms with E-state index < -0.39 is 0 Å². The number of nitrogens with one attached hydrogen (secondary N) is 1. The van der Waals surface area contributed by atoms with Gasteiger partial charge in [0.05, 0.1) is 5.54 Å². The van der Waals surface area contributed by atoms with Crippen LogP contribution < -0.4 is 10.2 Å². The zero-order chi connectivity index (χ0) is 15.7. The predicted molar refractivity (Wildman–Crippen MR) is 85.5 cm³/mol. The minimum atomic E-state index is -0.334. The quantitative estimate of drug-likeness (QED) is 0.939. The third-order valence-corrected chi connectivity index (χ3v) is 4.12. The minimum absolute atomic E-state index is 0.0921. The van der Waals surface area contributed by atoms with Crippen molar-refractivity contribution in [3.63, 3.8) is 0 Å². The molecule has 1 fully saturated rings. The largest absolute Gasteiger partial charge is 0.378 e. The molecule has 0 atom stereocenters. The molecule has 2 aromatic carbocycles. The van der Waals surface area contributed by atoms with Crippen molar-refractivity contribution in [2.45, 2.75) is 18.4 Å². The van der Waals surface area contributed by atoms with Gasteiger partial charge in [-0.3, -0.25) is 4.79 Å². The Morgan fingerprint density at radius 1 is 1.14 bits per heavy atom. The first kappa shape index (κ1) is 14.6. The molecule has 1 aliphatic rings. The van der Waals surface area contributed by atoms with E-state index in [0.717, 1.165) is 24.1 Å². The maximum absolute atomic E-state index is 13.1. The van der Waals surface area contributed by atoms with E-state index in [4.69, 9.17) is 0 Å². The fourth-order valence-corrected chi connectivity index (χ4v) is 2.59. The van der Waals surface area contributed by atoms with Crippen LogP contribution in [0.5, 0.6) is 0 Å². The van der Waals surface area contributed by atoms with Crippen LogP contribution in [0.4, 0.5) is 10.1 Å². The number of amides is 1. The summed E-state index contributed by atoms with van der Waals surface area (Å²) in [7, 11) is 3.88. The number of nitrogens with zero attached hydrogens (tertiary/aromatic N) is 1. The summed E-state index contributed by atoms with van der Waals surface area (Å²) in [5.74, 6) is -0.352. The van der Waals surface area contributed by atoms with Gasteiger partial charge in [0.1, 0.15) is 5.82 Å². The average molecular weight is 298 g/mol. The van der Waals surface area contributed by atoms with Crippen LogP contribution >= 0.6 is 0 Å². The molecule has 0 unspecified atom stereocenters. The van der Waals surface area contributed by atoms with E-state index in [9.17, 15) is 9.18 Å². The van der Waals surface area contributed by atoms with Gasteiger partial charge in [-0.25, -0.2) is 4.39 Å². The fourth-order valence-electron chi connectivity index (χ4n) is 2.59. The molecule has 0 bridgehead atoms. The Balaban J connectivity index is 1.79. The summed E-state index contributed by atoms with van der Waals surface area (Å²) in [6, 6.07) is 13.9. The lowest BCUT2D eigenvalue weighted by molar-refractivity contribution is 0.0931. The third kappa shape index (κ3) is 2.82. The van der Waals surface area contributed by atoms with E-state index >= 15 is 0 Å². The number of carbonyl (C=O) groups excluding carboxylic acids is 1. The monoisotopic (exact) mass is 298 g/mol. The SMILES string of the molecule is CN(C)c1cccc(C(=O)NC2(c3ccc(F)cc3)CC2)c1. The zero-order valence-corrected chi connectivity index (χ0v) is 12.8. The highest BCUT2D eigenvalue weighted by atomic mass is 19.1. The molecule has 1 amide bonds. The first-order valence-electron chi connectivity index (χ1n) is 7.36. The normalized spacial score (nSPS) is 15.2. The zero-order valence-electron chi connectivity index (χ0n) is 12.8. The minimum Gasteiger partial charge on any atom is -0.378 e. The lowest BCUT2D eigenvalue weighted by Gasteiger charge is -2.19. The summed E-state index contributed by atoms with van der Waals surface area (Å²) in [5, 5.41) is 3.11. The number of halogens is 1. The second-order valence-electron chi connectivity index (χ2n) is 5.99. The van der Waals surface area contributed by atoms with E-state index in [-0.39, 0.29) is 17.3 Å². The molecule has 1 N–H and O–H groups in total. The number of carbonyl (C=O) groups is 1. The maximum atomic E-state index is 13.1. The molecule has 0 aromatic heterocycles. The van der Waals surface area contributed by atoms with E-state index in [2.05, 4.69) is 5.32 Å². The van der Waals surface area contributed by atoms with Crippen molar-refractivity contribution >= 4 is 11.6 Å². The van der Waals surface area contributed by atoms with Gasteiger partial charge in [-0.2, -0.15) is 0 Å². The second kappa shape index (κ2) is 5.44. The fraction of sp³-hybridized carbons (Fsp3) is 0.278. The van der Waals surface area contributed by atoms with Crippen LogP contribution in [0.3, 0.4) is 0 Å². The highest BCUT2D eigenvalue weighted by Crippen LogP contribution is 2.45. The van der Waals surface area contributed by atoms with Gasteiger partial charge in [0.25, 0.3) is 5.91 Å². The van der Waals surface area contributed by atoms with Crippen LogP contribution in [0.25, 0.3) is 0 Å². The Bertz CT molecular complexity index is 690. The molecule has 0 aliphatic heterocycles. The Hall–Kier alpha value is -2.36. The molecule has 22 heavy (non-hydrogen) atoms. The summed E-state index contributed by atoms with van der Waals surface area (Å²) in [6.07, 6.45) is 1.77. The predicted octanol–water partition coefficient (Wildman–Crippen LogP) is 3.31. The molecule has 0 saturated heterocycles. The molecule has 3 rings (SSSR count). The topological polar surface area (TPSA) is 32.3 Å². The number of hydrogen-bond acceptors (Lipinski definition) is 2. The Kier molecular flexibility index (Phi) is 3.61. The third-order valence-electron chi connectivity index (χ3n) is 4.12. The van der Waals surface area contributed by atoms with Crippen LogP contribution in [0.2, 0.25) is 0 Å². The van der Waals surface area contributed by atoms with Crippen LogP contribution in [0.1, 0.15) is 28.8 Å². The number of hydrogen-bond donors (Lipinski definition) is 1. The summed E-state index contributed by atoms with van der Waals surface area (Å²) < 4.78 is 13.1. The first-order chi connectivity index (χ1) is 10.5. The first-order valence-corrected chi connectivity index (χ1v) is 7.36. The second-order valence-corrected chi connectivity index (χ2v) is 5.99. The van der Waals surface area contributed by atoms with Gasteiger partial charge in [-0.1, -0.05) is 18.2 Å². The molecule has 1 aliphatic carbocycles. The van der Waals surface area contributed by atoms with Gasteiger partial charge < -0.3 is 10.2 Å². The molecule has 1 saturated carbocycles. The molecule has 3 nitrogen and oxygen atoms in total. The number of anilines is 1.